The summed E-state index contributed by atoms with van der Waals surface area (Å²) in [6.07, 6.45) is -0.825. The van der Waals surface area contributed by atoms with Crippen LogP contribution in [-0.2, 0) is 11.3 Å². The van der Waals surface area contributed by atoms with Crippen LogP contribution in [0.2, 0.25) is 0 Å². The molecule has 0 bridgehead atoms. The van der Waals surface area contributed by atoms with Crippen LogP contribution in [0.5, 0.6) is 17.2 Å². The lowest BCUT2D eigenvalue weighted by Gasteiger charge is -2.14. The third-order valence-electron chi connectivity index (χ3n) is 3.88. The first-order valence-electron chi connectivity index (χ1n) is 8.71. The minimum Gasteiger partial charge on any atom is -0.497 e. The van der Waals surface area contributed by atoms with E-state index in [0.29, 0.717) is 23.8 Å². The van der Waals surface area contributed by atoms with Crippen LogP contribution in [0.1, 0.15) is 5.56 Å². The van der Waals surface area contributed by atoms with E-state index >= 15 is 0 Å². The summed E-state index contributed by atoms with van der Waals surface area (Å²) in [7, 11) is 4.66. The fourth-order valence-corrected chi connectivity index (χ4v) is 2.39. The van der Waals surface area contributed by atoms with E-state index in [1.54, 1.807) is 25.3 Å². The normalized spacial score (nSPS) is 11.4. The summed E-state index contributed by atoms with van der Waals surface area (Å²) in [5.41, 5.74) is 1.51. The van der Waals surface area contributed by atoms with Crippen molar-refractivity contribution >= 4 is 11.7 Å². The standard InChI is InChI=1S/C20H26N2O6/c1-25-17-7-4-14(5-8-17)12-28-13-16(23)11-21-20(24)22-15-6-9-18(26-2)19(10-15)27-3/h4-10,16,23H,11-13H2,1-3H3,(H2,21,22,24). The molecule has 0 saturated heterocycles. The maximum atomic E-state index is 12.0. The summed E-state index contributed by atoms with van der Waals surface area (Å²) < 4.78 is 20.9. The first-order chi connectivity index (χ1) is 13.5. The zero-order chi connectivity index (χ0) is 20.4. The molecule has 8 heteroatoms. The molecular formula is C20H26N2O6. The van der Waals surface area contributed by atoms with Gasteiger partial charge in [-0.3, -0.25) is 0 Å². The Kier molecular flexibility index (Phi) is 8.38. The molecule has 152 valence electrons. The van der Waals surface area contributed by atoms with Crippen molar-refractivity contribution in [2.24, 2.45) is 0 Å². The molecule has 0 aliphatic rings. The van der Waals surface area contributed by atoms with Crippen LogP contribution < -0.4 is 24.8 Å². The number of benzene rings is 2. The predicted octanol–water partition coefficient (Wildman–Crippen LogP) is 2.41. The minimum absolute atomic E-state index is 0.0573. The molecule has 2 aromatic rings. The van der Waals surface area contributed by atoms with Gasteiger partial charge in [-0.15, -0.1) is 0 Å². The first-order valence-corrected chi connectivity index (χ1v) is 8.71. The Morgan fingerprint density at radius 1 is 1.00 bits per heavy atom. The van der Waals surface area contributed by atoms with Gasteiger partial charge >= 0.3 is 6.03 Å². The maximum Gasteiger partial charge on any atom is 0.319 e. The van der Waals surface area contributed by atoms with Crippen LogP contribution in [0.3, 0.4) is 0 Å². The zero-order valence-electron chi connectivity index (χ0n) is 16.2. The minimum atomic E-state index is -0.825. The third kappa shape index (κ3) is 6.64. The van der Waals surface area contributed by atoms with Gasteiger partial charge < -0.3 is 34.7 Å². The van der Waals surface area contributed by atoms with Gasteiger partial charge in [0.2, 0.25) is 0 Å². The Morgan fingerprint density at radius 2 is 1.71 bits per heavy atom. The van der Waals surface area contributed by atoms with Crippen molar-refractivity contribution in [2.45, 2.75) is 12.7 Å². The Labute approximate surface area is 164 Å². The van der Waals surface area contributed by atoms with Crippen molar-refractivity contribution in [3.8, 4) is 17.2 Å². The number of nitrogens with one attached hydrogen (secondary N) is 2. The largest absolute Gasteiger partial charge is 0.497 e. The van der Waals surface area contributed by atoms with Crippen LogP contribution in [0, 0.1) is 0 Å². The van der Waals surface area contributed by atoms with Crippen molar-refractivity contribution in [1.82, 2.24) is 5.32 Å². The lowest BCUT2D eigenvalue weighted by atomic mass is 10.2. The van der Waals surface area contributed by atoms with Gasteiger partial charge in [-0.25, -0.2) is 4.79 Å². The molecule has 0 heterocycles. The average molecular weight is 390 g/mol. The van der Waals surface area contributed by atoms with E-state index in [-0.39, 0.29) is 13.2 Å². The molecule has 0 aliphatic carbocycles. The summed E-state index contributed by atoms with van der Waals surface area (Å²) in [4.78, 5) is 12.0. The number of urea groups is 1. The van der Waals surface area contributed by atoms with Gasteiger partial charge in [0.25, 0.3) is 0 Å². The molecular weight excluding hydrogens is 364 g/mol. The number of aliphatic hydroxyl groups excluding tert-OH is 1. The fourth-order valence-electron chi connectivity index (χ4n) is 2.39. The Balaban J connectivity index is 1.70. The van der Waals surface area contributed by atoms with E-state index in [1.807, 2.05) is 24.3 Å². The predicted molar refractivity (Wildman–Crippen MR) is 105 cm³/mol. The highest BCUT2D eigenvalue weighted by atomic mass is 16.5. The highest BCUT2D eigenvalue weighted by Gasteiger charge is 2.10. The van der Waals surface area contributed by atoms with Crippen LogP contribution in [-0.4, -0.2) is 51.7 Å². The second-order valence-electron chi connectivity index (χ2n) is 5.92. The van der Waals surface area contributed by atoms with Gasteiger partial charge in [-0.1, -0.05) is 12.1 Å². The maximum absolute atomic E-state index is 12.0. The number of amides is 2. The Bertz CT molecular complexity index is 751. The number of aliphatic hydroxyl groups is 1. The SMILES string of the molecule is COc1ccc(COCC(O)CNC(=O)Nc2ccc(OC)c(OC)c2)cc1. The van der Waals surface area contributed by atoms with E-state index in [2.05, 4.69) is 10.6 Å². The summed E-state index contributed by atoms with van der Waals surface area (Å²) in [6.45, 7) is 0.517. The number of hydrogen-bond donors (Lipinski definition) is 3. The van der Waals surface area contributed by atoms with Gasteiger partial charge in [-0.05, 0) is 29.8 Å². The van der Waals surface area contributed by atoms with Crippen molar-refractivity contribution in [3.05, 3.63) is 48.0 Å². The highest BCUT2D eigenvalue weighted by Crippen LogP contribution is 2.29. The van der Waals surface area contributed by atoms with Gasteiger partial charge in [-0.2, -0.15) is 0 Å². The van der Waals surface area contributed by atoms with Gasteiger partial charge in [0.1, 0.15) is 5.75 Å². The molecule has 2 rings (SSSR count). The molecule has 3 N–H and O–H groups in total. The lowest BCUT2D eigenvalue weighted by Crippen LogP contribution is -2.37. The highest BCUT2D eigenvalue weighted by molar-refractivity contribution is 5.89. The molecule has 1 unspecified atom stereocenters. The van der Waals surface area contributed by atoms with Crippen molar-refractivity contribution in [1.29, 1.82) is 0 Å². The van der Waals surface area contributed by atoms with Crippen LogP contribution >= 0.6 is 0 Å². The molecule has 2 amide bonds. The summed E-state index contributed by atoms with van der Waals surface area (Å²) in [5, 5.41) is 15.2. The van der Waals surface area contributed by atoms with E-state index in [0.717, 1.165) is 11.3 Å². The number of rotatable bonds is 10. The molecule has 2 aromatic carbocycles. The molecule has 0 radical (unpaired) electrons. The summed E-state index contributed by atoms with van der Waals surface area (Å²) >= 11 is 0. The molecule has 0 spiro atoms. The number of hydrogen-bond acceptors (Lipinski definition) is 6. The van der Waals surface area contributed by atoms with E-state index in [1.165, 1.54) is 14.2 Å². The Hall–Kier alpha value is -2.97. The van der Waals surface area contributed by atoms with E-state index in [4.69, 9.17) is 18.9 Å². The zero-order valence-corrected chi connectivity index (χ0v) is 16.2. The number of methoxy groups -OCH3 is 3. The average Bonchev–Trinajstić information content (AvgIpc) is 2.72. The number of anilines is 1. The fraction of sp³-hybridized carbons (Fsp3) is 0.350. The smallest absolute Gasteiger partial charge is 0.319 e. The third-order valence-corrected chi connectivity index (χ3v) is 3.88. The first kappa shape index (κ1) is 21.3. The van der Waals surface area contributed by atoms with Crippen molar-refractivity contribution < 1.29 is 28.8 Å². The van der Waals surface area contributed by atoms with E-state index < -0.39 is 12.1 Å². The second-order valence-corrected chi connectivity index (χ2v) is 5.92. The number of ether oxygens (including phenoxy) is 4. The molecule has 0 aromatic heterocycles. The van der Waals surface area contributed by atoms with Crippen LogP contribution in [0.15, 0.2) is 42.5 Å². The number of carbonyl (C=O) groups is 1. The van der Waals surface area contributed by atoms with Crippen LogP contribution in [0.25, 0.3) is 0 Å². The molecule has 1 atom stereocenters. The van der Waals surface area contributed by atoms with Crippen molar-refractivity contribution in [3.63, 3.8) is 0 Å². The second kappa shape index (κ2) is 11.0. The monoisotopic (exact) mass is 390 g/mol. The topological polar surface area (TPSA) is 98.3 Å². The molecule has 0 aliphatic heterocycles. The summed E-state index contributed by atoms with van der Waals surface area (Å²) in [5.74, 6) is 1.85. The van der Waals surface area contributed by atoms with Crippen LogP contribution in [0.4, 0.5) is 10.5 Å². The number of carbonyl (C=O) groups excluding carboxylic acids is 1. The van der Waals surface area contributed by atoms with Gasteiger partial charge in [0.15, 0.2) is 11.5 Å². The van der Waals surface area contributed by atoms with Gasteiger partial charge in [0, 0.05) is 18.3 Å². The Morgan fingerprint density at radius 3 is 2.36 bits per heavy atom. The molecule has 0 fully saturated rings. The van der Waals surface area contributed by atoms with Gasteiger partial charge in [0.05, 0.1) is 40.6 Å². The molecule has 8 nitrogen and oxygen atoms in total. The lowest BCUT2D eigenvalue weighted by molar-refractivity contribution is 0.0302. The quantitative estimate of drug-likeness (QED) is 0.576. The van der Waals surface area contributed by atoms with E-state index in [9.17, 15) is 9.90 Å². The van der Waals surface area contributed by atoms with Crippen molar-refractivity contribution in [2.75, 3.05) is 39.8 Å². The summed E-state index contributed by atoms with van der Waals surface area (Å²) in [6, 6.07) is 12.0. The molecule has 0 saturated carbocycles. The molecule has 28 heavy (non-hydrogen) atoms.